The van der Waals surface area contributed by atoms with Crippen molar-refractivity contribution in [3.05, 3.63) is 51.7 Å². The number of hydrogen-bond acceptors (Lipinski definition) is 6. The first-order valence-corrected chi connectivity index (χ1v) is 11.4. The largest absolute Gasteiger partial charge is 0.302 e. The topological polar surface area (TPSA) is 76.1 Å². The van der Waals surface area contributed by atoms with Gasteiger partial charge in [-0.2, -0.15) is 0 Å². The maximum atomic E-state index is 12.3. The van der Waals surface area contributed by atoms with E-state index in [1.165, 1.54) is 22.7 Å². The molecule has 0 aliphatic rings. The number of sulfone groups is 1. The molecule has 1 N–H and O–H groups in total. The maximum Gasteiger partial charge on any atom is 0.227 e. The van der Waals surface area contributed by atoms with Gasteiger partial charge in [0.1, 0.15) is 0 Å². The highest BCUT2D eigenvalue weighted by Crippen LogP contribution is 2.32. The molecule has 1 aromatic carbocycles. The molecule has 0 radical (unpaired) electrons. The minimum absolute atomic E-state index is 0.129. The van der Waals surface area contributed by atoms with Gasteiger partial charge >= 0.3 is 0 Å². The molecule has 0 saturated carbocycles. The van der Waals surface area contributed by atoms with Crippen molar-refractivity contribution in [2.24, 2.45) is 0 Å². The number of carbonyl (C=O) groups is 1. The number of thiazole rings is 1. The summed E-state index contributed by atoms with van der Waals surface area (Å²) >= 11 is 8.60. The van der Waals surface area contributed by atoms with E-state index in [0.29, 0.717) is 9.47 Å². The summed E-state index contributed by atoms with van der Waals surface area (Å²) in [5, 5.41) is 4.90. The van der Waals surface area contributed by atoms with Gasteiger partial charge in [0.15, 0.2) is 15.0 Å². The maximum absolute atomic E-state index is 12.3. The summed E-state index contributed by atoms with van der Waals surface area (Å²) in [5.41, 5.74) is 1.71. The van der Waals surface area contributed by atoms with E-state index >= 15 is 0 Å². The number of rotatable bonds is 6. The smallest absolute Gasteiger partial charge is 0.227 e. The number of aryl methyl sites for hydroxylation is 1. The number of benzene rings is 1. The van der Waals surface area contributed by atoms with Crippen molar-refractivity contribution in [2.75, 3.05) is 11.1 Å². The molecule has 0 atom stereocenters. The normalized spacial score (nSPS) is 11.5. The number of nitrogens with one attached hydrogen (secondary N) is 1. The lowest BCUT2D eigenvalue weighted by molar-refractivity contribution is -0.115. The molecule has 0 saturated heterocycles. The Balaban J connectivity index is 1.59. The van der Waals surface area contributed by atoms with Crippen molar-refractivity contribution in [1.82, 2.24) is 4.98 Å². The Labute approximate surface area is 164 Å². The molecule has 0 bridgehead atoms. The lowest BCUT2D eigenvalue weighted by Gasteiger charge is -2.05. The molecular formula is C17H15ClN2O3S3. The van der Waals surface area contributed by atoms with Crippen molar-refractivity contribution in [1.29, 1.82) is 0 Å². The number of anilines is 1. The first kappa shape index (κ1) is 19.0. The van der Waals surface area contributed by atoms with Gasteiger partial charge in [0, 0.05) is 11.8 Å². The van der Waals surface area contributed by atoms with Crippen LogP contribution in [0.2, 0.25) is 4.34 Å². The molecule has 0 aliphatic carbocycles. The summed E-state index contributed by atoms with van der Waals surface area (Å²) < 4.78 is 25.2. The van der Waals surface area contributed by atoms with E-state index in [4.69, 9.17) is 11.6 Å². The predicted molar refractivity (Wildman–Crippen MR) is 107 cm³/mol. The molecule has 1 amide bonds. The van der Waals surface area contributed by atoms with Crippen LogP contribution in [-0.2, 0) is 14.6 Å². The van der Waals surface area contributed by atoms with Crippen LogP contribution in [0.3, 0.4) is 0 Å². The van der Waals surface area contributed by atoms with Gasteiger partial charge in [-0.15, -0.1) is 22.7 Å². The highest BCUT2D eigenvalue weighted by atomic mass is 35.5. The molecule has 2 aromatic heterocycles. The third-order valence-electron chi connectivity index (χ3n) is 3.55. The summed E-state index contributed by atoms with van der Waals surface area (Å²) in [6, 6.07) is 10.2. The molecule has 0 spiro atoms. The standard InChI is InChI=1S/C17H15ClN2O3S3/c1-11-2-4-12(5-3-11)26(22,23)9-8-16(21)20-17-19-13(10-24-17)14-6-7-15(18)25-14/h2-7,10H,8-9H2,1H3,(H,19,20,21). The third kappa shape index (κ3) is 4.70. The van der Waals surface area contributed by atoms with Gasteiger partial charge in [-0.1, -0.05) is 29.3 Å². The third-order valence-corrected chi connectivity index (χ3v) is 7.30. The van der Waals surface area contributed by atoms with Crippen LogP contribution >= 0.6 is 34.3 Å². The van der Waals surface area contributed by atoms with Gasteiger partial charge in [-0.3, -0.25) is 4.79 Å². The molecule has 136 valence electrons. The Morgan fingerprint density at radius 3 is 2.58 bits per heavy atom. The number of thiophene rings is 1. The van der Waals surface area contributed by atoms with Crippen LogP contribution in [0, 0.1) is 6.92 Å². The van der Waals surface area contributed by atoms with Crippen LogP contribution in [0.4, 0.5) is 5.13 Å². The Bertz CT molecular complexity index is 1020. The zero-order chi connectivity index (χ0) is 18.7. The first-order valence-electron chi connectivity index (χ1n) is 7.64. The quantitative estimate of drug-likeness (QED) is 0.623. The molecule has 26 heavy (non-hydrogen) atoms. The van der Waals surface area contributed by atoms with Gasteiger partial charge in [0.2, 0.25) is 5.91 Å². The second kappa shape index (κ2) is 7.87. The molecule has 0 fully saturated rings. The molecule has 9 heteroatoms. The van der Waals surface area contributed by atoms with Crippen LogP contribution in [0.5, 0.6) is 0 Å². The number of amides is 1. The lowest BCUT2D eigenvalue weighted by atomic mass is 10.2. The van der Waals surface area contributed by atoms with Gasteiger partial charge < -0.3 is 5.32 Å². The van der Waals surface area contributed by atoms with Crippen molar-refractivity contribution >= 4 is 55.2 Å². The highest BCUT2D eigenvalue weighted by Gasteiger charge is 2.17. The average molecular weight is 427 g/mol. The highest BCUT2D eigenvalue weighted by molar-refractivity contribution is 7.91. The Morgan fingerprint density at radius 1 is 1.19 bits per heavy atom. The van der Waals surface area contributed by atoms with Crippen LogP contribution < -0.4 is 5.32 Å². The number of hydrogen-bond donors (Lipinski definition) is 1. The Morgan fingerprint density at radius 2 is 1.92 bits per heavy atom. The van der Waals surface area contributed by atoms with E-state index in [1.807, 2.05) is 18.4 Å². The number of carbonyl (C=O) groups excluding carboxylic acids is 1. The van der Waals surface area contributed by atoms with Crippen LogP contribution in [0.25, 0.3) is 10.6 Å². The minimum atomic E-state index is -3.49. The van der Waals surface area contributed by atoms with Crippen molar-refractivity contribution in [2.45, 2.75) is 18.2 Å². The fraction of sp³-hybridized carbons (Fsp3) is 0.176. The van der Waals surface area contributed by atoms with Crippen LogP contribution in [-0.4, -0.2) is 25.1 Å². The van der Waals surface area contributed by atoms with Gasteiger partial charge in [-0.25, -0.2) is 13.4 Å². The van der Waals surface area contributed by atoms with Gasteiger partial charge in [0.05, 0.1) is 25.6 Å². The van der Waals surface area contributed by atoms with E-state index in [2.05, 4.69) is 10.3 Å². The second-order valence-corrected chi connectivity index (χ2v) is 10.3. The molecular weight excluding hydrogens is 412 g/mol. The van der Waals surface area contributed by atoms with E-state index in [1.54, 1.807) is 30.3 Å². The predicted octanol–water partition coefficient (Wildman–Crippen LogP) is 4.64. The minimum Gasteiger partial charge on any atom is -0.302 e. The molecule has 3 aromatic rings. The average Bonchev–Trinajstić information content (AvgIpc) is 3.22. The first-order chi connectivity index (χ1) is 12.3. The molecule has 3 rings (SSSR count). The van der Waals surface area contributed by atoms with Crippen LogP contribution in [0.1, 0.15) is 12.0 Å². The summed E-state index contributed by atoms with van der Waals surface area (Å²) in [4.78, 5) is 17.5. The van der Waals surface area contributed by atoms with E-state index < -0.39 is 9.84 Å². The van der Waals surface area contributed by atoms with Gasteiger partial charge in [0.25, 0.3) is 0 Å². The summed E-state index contributed by atoms with van der Waals surface area (Å²) in [6.45, 7) is 1.89. The zero-order valence-corrected chi connectivity index (χ0v) is 16.9. The monoisotopic (exact) mass is 426 g/mol. The summed E-state index contributed by atoms with van der Waals surface area (Å²) in [5.74, 6) is -0.633. The molecule has 5 nitrogen and oxygen atoms in total. The van der Waals surface area contributed by atoms with Crippen molar-refractivity contribution in [3.8, 4) is 10.6 Å². The molecule has 2 heterocycles. The van der Waals surface area contributed by atoms with E-state index in [0.717, 1.165) is 16.1 Å². The molecule has 0 unspecified atom stereocenters. The summed E-state index contributed by atoms with van der Waals surface area (Å²) in [7, 11) is -3.49. The summed E-state index contributed by atoms with van der Waals surface area (Å²) in [6.07, 6.45) is -0.129. The SMILES string of the molecule is Cc1ccc(S(=O)(=O)CCC(=O)Nc2nc(-c3ccc(Cl)s3)cs2)cc1. The Kier molecular flexibility index (Phi) is 5.76. The Hall–Kier alpha value is -1.74. The number of halogens is 1. The van der Waals surface area contributed by atoms with Crippen molar-refractivity contribution in [3.63, 3.8) is 0 Å². The van der Waals surface area contributed by atoms with Crippen LogP contribution in [0.15, 0.2) is 46.7 Å². The number of aromatic nitrogens is 1. The van der Waals surface area contributed by atoms with Crippen molar-refractivity contribution < 1.29 is 13.2 Å². The fourth-order valence-electron chi connectivity index (χ4n) is 2.17. The van der Waals surface area contributed by atoms with Gasteiger partial charge in [-0.05, 0) is 31.2 Å². The van der Waals surface area contributed by atoms with E-state index in [-0.39, 0.29) is 23.0 Å². The van der Waals surface area contributed by atoms with E-state index in [9.17, 15) is 13.2 Å². The number of nitrogens with zero attached hydrogens (tertiary/aromatic N) is 1. The second-order valence-electron chi connectivity index (χ2n) is 5.57. The molecule has 0 aliphatic heterocycles. The lowest BCUT2D eigenvalue weighted by Crippen LogP contribution is -2.17. The zero-order valence-electron chi connectivity index (χ0n) is 13.7. The fourth-order valence-corrected chi connectivity index (χ4v) is 5.21.